The Balaban J connectivity index is 2.22. The molecule has 0 spiro atoms. The van der Waals surface area contributed by atoms with E-state index in [9.17, 15) is 4.79 Å². The Morgan fingerprint density at radius 3 is 2.88 bits per heavy atom. The number of methoxy groups -OCH3 is 1. The first-order valence-electron chi connectivity index (χ1n) is 5.36. The molecule has 3 unspecified atom stereocenters. The number of rotatable bonds is 4. The van der Waals surface area contributed by atoms with Crippen molar-refractivity contribution < 1.29 is 14.6 Å². The first kappa shape index (κ1) is 12.2. The maximum atomic E-state index is 10.8. The monoisotopic (exact) mass is 255 g/mol. The van der Waals surface area contributed by atoms with Gasteiger partial charge in [0.05, 0.1) is 13.0 Å². The zero-order valence-corrected chi connectivity index (χ0v) is 10.1. The molecule has 1 fully saturated rings. The average Bonchev–Trinajstić information content (AvgIpc) is 3.08. The summed E-state index contributed by atoms with van der Waals surface area (Å²) in [5.41, 5.74) is 6.84. The van der Waals surface area contributed by atoms with Crippen LogP contribution in [0.15, 0.2) is 18.2 Å². The van der Waals surface area contributed by atoms with Crippen LogP contribution in [0.4, 0.5) is 0 Å². The molecule has 0 aliphatic heterocycles. The van der Waals surface area contributed by atoms with Crippen LogP contribution in [0.5, 0.6) is 5.75 Å². The quantitative estimate of drug-likeness (QED) is 0.864. The summed E-state index contributed by atoms with van der Waals surface area (Å²) in [5, 5.41) is 9.46. The molecule has 1 aliphatic rings. The number of nitrogens with two attached hydrogens (primary N) is 1. The number of hydrogen-bond donors (Lipinski definition) is 2. The lowest BCUT2D eigenvalue weighted by atomic mass is 10.0. The minimum atomic E-state index is -0.786. The highest BCUT2D eigenvalue weighted by Crippen LogP contribution is 2.48. The predicted molar refractivity (Wildman–Crippen MR) is 64.2 cm³/mol. The van der Waals surface area contributed by atoms with Crippen molar-refractivity contribution in [2.75, 3.05) is 7.11 Å². The molecule has 0 bridgehead atoms. The maximum Gasteiger partial charge on any atom is 0.306 e. The molecule has 1 aromatic carbocycles. The van der Waals surface area contributed by atoms with Gasteiger partial charge in [0, 0.05) is 16.6 Å². The largest absolute Gasteiger partial charge is 0.496 e. The van der Waals surface area contributed by atoms with Gasteiger partial charge in [-0.15, -0.1) is 0 Å². The zero-order valence-electron chi connectivity index (χ0n) is 9.39. The molecule has 0 heterocycles. The molecule has 17 heavy (non-hydrogen) atoms. The van der Waals surface area contributed by atoms with Crippen molar-refractivity contribution in [3.8, 4) is 5.75 Å². The number of carboxylic acid groups (broad SMARTS) is 1. The summed E-state index contributed by atoms with van der Waals surface area (Å²) < 4.78 is 5.21. The van der Waals surface area contributed by atoms with Crippen molar-refractivity contribution in [2.24, 2.45) is 17.6 Å². The summed E-state index contributed by atoms with van der Waals surface area (Å²) in [4.78, 5) is 10.8. The molecule has 92 valence electrons. The van der Waals surface area contributed by atoms with Gasteiger partial charge in [0.2, 0.25) is 0 Å². The fourth-order valence-corrected chi connectivity index (χ4v) is 2.27. The first-order valence-corrected chi connectivity index (χ1v) is 5.74. The predicted octanol–water partition coefficient (Wildman–Crippen LogP) is 2.07. The van der Waals surface area contributed by atoms with Gasteiger partial charge in [-0.3, -0.25) is 4.79 Å². The van der Waals surface area contributed by atoms with Crippen LogP contribution in [-0.4, -0.2) is 18.2 Å². The molecule has 5 heteroatoms. The lowest BCUT2D eigenvalue weighted by molar-refractivity contribution is -0.138. The highest BCUT2D eigenvalue weighted by molar-refractivity contribution is 6.30. The molecular formula is C12H14ClNO3. The van der Waals surface area contributed by atoms with Gasteiger partial charge < -0.3 is 15.6 Å². The number of aliphatic carboxylic acids is 1. The van der Waals surface area contributed by atoms with E-state index in [-0.39, 0.29) is 17.9 Å². The van der Waals surface area contributed by atoms with Crippen LogP contribution in [0, 0.1) is 11.8 Å². The number of carbonyl (C=O) groups is 1. The Kier molecular flexibility index (Phi) is 3.26. The van der Waals surface area contributed by atoms with Gasteiger partial charge in [0.15, 0.2) is 0 Å². The molecule has 0 radical (unpaired) electrons. The SMILES string of the molecule is COc1ccc(Cl)cc1C(N)C1CC1C(=O)O. The second-order valence-electron chi connectivity index (χ2n) is 4.26. The van der Waals surface area contributed by atoms with Crippen LogP contribution < -0.4 is 10.5 Å². The van der Waals surface area contributed by atoms with E-state index in [1.807, 2.05) is 0 Å². The van der Waals surface area contributed by atoms with E-state index in [2.05, 4.69) is 0 Å². The molecule has 0 amide bonds. The lowest BCUT2D eigenvalue weighted by Gasteiger charge is -2.15. The van der Waals surface area contributed by atoms with E-state index in [1.54, 1.807) is 25.3 Å². The standard InChI is InChI=1S/C12H14ClNO3/c1-17-10-3-2-6(13)4-9(10)11(14)7-5-8(7)12(15)16/h2-4,7-8,11H,5,14H2,1H3,(H,15,16). The maximum absolute atomic E-state index is 10.8. The number of hydrogen-bond acceptors (Lipinski definition) is 3. The average molecular weight is 256 g/mol. The normalized spacial score (nSPS) is 24.2. The van der Waals surface area contributed by atoms with Crippen LogP contribution in [-0.2, 0) is 4.79 Å². The molecule has 4 nitrogen and oxygen atoms in total. The van der Waals surface area contributed by atoms with Crippen molar-refractivity contribution >= 4 is 17.6 Å². The molecule has 1 aromatic rings. The molecular weight excluding hydrogens is 242 g/mol. The van der Waals surface area contributed by atoms with Gasteiger partial charge in [0.25, 0.3) is 0 Å². The van der Waals surface area contributed by atoms with Crippen molar-refractivity contribution in [3.05, 3.63) is 28.8 Å². The smallest absolute Gasteiger partial charge is 0.306 e. The van der Waals surface area contributed by atoms with E-state index in [0.29, 0.717) is 17.2 Å². The number of benzene rings is 1. The minimum Gasteiger partial charge on any atom is -0.496 e. The van der Waals surface area contributed by atoms with E-state index in [1.165, 1.54) is 0 Å². The van der Waals surface area contributed by atoms with Crippen molar-refractivity contribution in [3.63, 3.8) is 0 Å². The van der Waals surface area contributed by atoms with Gasteiger partial charge in [-0.1, -0.05) is 11.6 Å². The third kappa shape index (κ3) is 2.37. The van der Waals surface area contributed by atoms with Gasteiger partial charge in [-0.2, -0.15) is 0 Å². The summed E-state index contributed by atoms with van der Waals surface area (Å²) in [6, 6.07) is 4.86. The third-order valence-electron chi connectivity index (χ3n) is 3.17. The second kappa shape index (κ2) is 4.55. The summed E-state index contributed by atoms with van der Waals surface area (Å²) in [6.45, 7) is 0. The van der Waals surface area contributed by atoms with E-state index >= 15 is 0 Å². The Labute approximate surface area is 104 Å². The van der Waals surface area contributed by atoms with Crippen molar-refractivity contribution in [2.45, 2.75) is 12.5 Å². The summed E-state index contributed by atoms with van der Waals surface area (Å²) in [5.74, 6) is -0.502. The van der Waals surface area contributed by atoms with Gasteiger partial charge in [-0.25, -0.2) is 0 Å². The molecule has 1 aliphatic carbocycles. The van der Waals surface area contributed by atoms with Crippen LogP contribution in [0.3, 0.4) is 0 Å². The summed E-state index contributed by atoms with van der Waals surface area (Å²) >= 11 is 5.91. The zero-order chi connectivity index (χ0) is 12.6. The van der Waals surface area contributed by atoms with Crippen LogP contribution in [0.1, 0.15) is 18.0 Å². The van der Waals surface area contributed by atoms with E-state index in [0.717, 1.165) is 5.56 Å². The highest BCUT2D eigenvalue weighted by Gasteiger charge is 2.47. The lowest BCUT2D eigenvalue weighted by Crippen LogP contribution is -2.16. The summed E-state index contributed by atoms with van der Waals surface area (Å²) in [6.07, 6.45) is 0.617. The second-order valence-corrected chi connectivity index (χ2v) is 4.69. The molecule has 0 saturated heterocycles. The molecule has 2 rings (SSSR count). The Morgan fingerprint density at radius 1 is 1.65 bits per heavy atom. The van der Waals surface area contributed by atoms with Gasteiger partial charge in [0.1, 0.15) is 5.75 Å². The molecule has 0 aromatic heterocycles. The van der Waals surface area contributed by atoms with Crippen molar-refractivity contribution in [1.82, 2.24) is 0 Å². The van der Waals surface area contributed by atoms with Crippen molar-refractivity contribution in [1.29, 1.82) is 0 Å². The topological polar surface area (TPSA) is 72.5 Å². The molecule has 1 saturated carbocycles. The summed E-state index contributed by atoms with van der Waals surface area (Å²) in [7, 11) is 1.56. The van der Waals surface area contributed by atoms with Crippen LogP contribution in [0.2, 0.25) is 5.02 Å². The van der Waals surface area contributed by atoms with Crippen LogP contribution in [0.25, 0.3) is 0 Å². The van der Waals surface area contributed by atoms with E-state index < -0.39 is 5.97 Å². The Hall–Kier alpha value is -1.26. The third-order valence-corrected chi connectivity index (χ3v) is 3.40. The minimum absolute atomic E-state index is 0.0279. The van der Waals surface area contributed by atoms with Crippen LogP contribution >= 0.6 is 11.6 Å². The van der Waals surface area contributed by atoms with Gasteiger partial charge >= 0.3 is 5.97 Å². The fourth-order valence-electron chi connectivity index (χ4n) is 2.09. The Bertz CT molecular complexity index is 449. The highest BCUT2D eigenvalue weighted by atomic mass is 35.5. The van der Waals surface area contributed by atoms with Gasteiger partial charge in [-0.05, 0) is 30.5 Å². The fraction of sp³-hybridized carbons (Fsp3) is 0.417. The molecule has 3 N–H and O–H groups in total. The number of carboxylic acids is 1. The van der Waals surface area contributed by atoms with E-state index in [4.69, 9.17) is 27.2 Å². The number of halogens is 1. The Morgan fingerprint density at radius 2 is 2.35 bits per heavy atom. The number of ether oxygens (including phenoxy) is 1. The first-order chi connectivity index (χ1) is 8.04. The molecule has 3 atom stereocenters.